The Hall–Kier alpha value is -4.01. The van der Waals surface area contributed by atoms with E-state index in [1.165, 1.54) is 23.5 Å². The number of carbonyl (C=O) groups is 3. The van der Waals surface area contributed by atoms with Crippen molar-refractivity contribution in [1.82, 2.24) is 15.5 Å². The van der Waals surface area contributed by atoms with Gasteiger partial charge < -0.3 is 29.1 Å². The molecule has 1 aliphatic rings. The third kappa shape index (κ3) is 6.35. The number of methoxy groups -OCH3 is 1. The molecule has 0 saturated heterocycles. The summed E-state index contributed by atoms with van der Waals surface area (Å²) >= 11 is 0. The lowest BCUT2D eigenvalue weighted by molar-refractivity contribution is -0.141. The van der Waals surface area contributed by atoms with Crippen molar-refractivity contribution in [2.45, 2.75) is 50.7 Å². The molecule has 9 heteroatoms. The van der Waals surface area contributed by atoms with Crippen LogP contribution in [0, 0.1) is 0 Å². The maximum absolute atomic E-state index is 13.7. The first-order chi connectivity index (χ1) is 17.5. The van der Waals surface area contributed by atoms with Gasteiger partial charge in [-0.3, -0.25) is 14.4 Å². The van der Waals surface area contributed by atoms with Gasteiger partial charge in [-0.25, -0.2) is 0 Å². The van der Waals surface area contributed by atoms with E-state index in [1.807, 2.05) is 0 Å². The van der Waals surface area contributed by atoms with E-state index in [0.717, 1.165) is 32.1 Å². The molecule has 0 radical (unpaired) electrons. The summed E-state index contributed by atoms with van der Waals surface area (Å²) in [6.45, 7) is -0.278. The lowest BCUT2D eigenvalue weighted by atomic mass is 9.94. The molecule has 9 nitrogen and oxygen atoms in total. The molecule has 1 aliphatic carbocycles. The standard InChI is InChI=1S/C27H31N3O6/c1-34-21-11-5-8-19(16-21)25(27(33)29-20-9-3-2-4-10-20)30(18-22-12-6-14-35-22)24(31)17-28-26(32)23-13-7-15-36-23/h5-8,11-16,20,25H,2-4,9-10,17-18H2,1H3,(H,28,32)(H,29,33)/t25-/m1/s1. The lowest BCUT2D eigenvalue weighted by Crippen LogP contribution is -2.49. The number of rotatable bonds is 10. The highest BCUT2D eigenvalue weighted by Crippen LogP contribution is 2.28. The van der Waals surface area contributed by atoms with Gasteiger partial charge in [-0.15, -0.1) is 0 Å². The minimum Gasteiger partial charge on any atom is -0.497 e. The summed E-state index contributed by atoms with van der Waals surface area (Å²) in [4.78, 5) is 41.1. The van der Waals surface area contributed by atoms with E-state index < -0.39 is 17.9 Å². The molecule has 0 spiro atoms. The Morgan fingerprint density at radius 1 is 1.03 bits per heavy atom. The number of hydrogen-bond acceptors (Lipinski definition) is 6. The smallest absolute Gasteiger partial charge is 0.287 e. The van der Waals surface area contributed by atoms with Crippen molar-refractivity contribution < 1.29 is 28.0 Å². The molecule has 2 N–H and O–H groups in total. The summed E-state index contributed by atoms with van der Waals surface area (Å²) in [6.07, 6.45) is 7.98. The Labute approximate surface area is 209 Å². The zero-order valence-electron chi connectivity index (χ0n) is 20.3. The molecule has 2 aromatic heterocycles. The predicted octanol–water partition coefficient (Wildman–Crippen LogP) is 3.83. The van der Waals surface area contributed by atoms with Crippen molar-refractivity contribution in [3.63, 3.8) is 0 Å². The van der Waals surface area contributed by atoms with Crippen LogP contribution in [-0.2, 0) is 16.1 Å². The normalized spacial score (nSPS) is 14.6. The highest BCUT2D eigenvalue weighted by molar-refractivity contribution is 5.95. The van der Waals surface area contributed by atoms with Crippen LogP contribution in [0.5, 0.6) is 5.75 Å². The second-order valence-corrected chi connectivity index (χ2v) is 8.78. The van der Waals surface area contributed by atoms with Crippen molar-refractivity contribution in [1.29, 1.82) is 0 Å². The molecular weight excluding hydrogens is 462 g/mol. The van der Waals surface area contributed by atoms with Crippen LogP contribution in [0.2, 0.25) is 0 Å². The molecule has 0 bridgehead atoms. The van der Waals surface area contributed by atoms with Crippen LogP contribution in [0.15, 0.2) is 69.9 Å². The Morgan fingerprint density at radius 3 is 2.50 bits per heavy atom. The molecule has 3 amide bonds. The third-order valence-electron chi connectivity index (χ3n) is 6.29. The number of ether oxygens (including phenoxy) is 1. The van der Waals surface area contributed by atoms with Gasteiger partial charge in [0, 0.05) is 6.04 Å². The second kappa shape index (κ2) is 12.1. The third-order valence-corrected chi connectivity index (χ3v) is 6.29. The fourth-order valence-electron chi connectivity index (χ4n) is 4.46. The predicted molar refractivity (Wildman–Crippen MR) is 131 cm³/mol. The summed E-state index contributed by atoms with van der Waals surface area (Å²) in [5, 5.41) is 5.73. The number of benzene rings is 1. The van der Waals surface area contributed by atoms with Gasteiger partial charge >= 0.3 is 0 Å². The summed E-state index contributed by atoms with van der Waals surface area (Å²) in [7, 11) is 1.55. The molecule has 4 rings (SSSR count). The van der Waals surface area contributed by atoms with Crippen LogP contribution in [0.25, 0.3) is 0 Å². The SMILES string of the molecule is COc1cccc([C@H](C(=O)NC2CCCCC2)N(Cc2ccco2)C(=O)CNC(=O)c2ccco2)c1. The van der Waals surface area contributed by atoms with E-state index in [2.05, 4.69) is 10.6 Å². The van der Waals surface area contributed by atoms with Crippen molar-refractivity contribution in [3.05, 3.63) is 78.1 Å². The highest BCUT2D eigenvalue weighted by atomic mass is 16.5. The Kier molecular flexibility index (Phi) is 8.44. The van der Waals surface area contributed by atoms with Crippen molar-refractivity contribution >= 4 is 17.7 Å². The molecule has 1 fully saturated rings. The van der Waals surface area contributed by atoms with Crippen LogP contribution >= 0.6 is 0 Å². The quantitative estimate of drug-likeness (QED) is 0.444. The first-order valence-electron chi connectivity index (χ1n) is 12.1. The van der Waals surface area contributed by atoms with Crippen molar-refractivity contribution in [2.24, 2.45) is 0 Å². The molecular formula is C27H31N3O6. The van der Waals surface area contributed by atoms with Crippen molar-refractivity contribution in [2.75, 3.05) is 13.7 Å². The fraction of sp³-hybridized carbons (Fsp3) is 0.370. The van der Waals surface area contributed by atoms with Crippen molar-refractivity contribution in [3.8, 4) is 5.75 Å². The number of hydrogen-bond donors (Lipinski definition) is 2. The van der Waals surface area contributed by atoms with Crippen LogP contribution in [0.1, 0.15) is 60.0 Å². The average Bonchev–Trinajstić information content (AvgIpc) is 3.62. The summed E-state index contributed by atoms with van der Waals surface area (Å²) in [6, 6.07) is 12.8. The lowest BCUT2D eigenvalue weighted by Gasteiger charge is -2.33. The number of furan rings is 2. The van der Waals surface area contributed by atoms with E-state index >= 15 is 0 Å². The Balaban J connectivity index is 1.62. The summed E-state index contributed by atoms with van der Waals surface area (Å²) in [5.41, 5.74) is 0.597. The monoisotopic (exact) mass is 493 g/mol. The maximum atomic E-state index is 13.7. The molecule has 1 saturated carbocycles. The maximum Gasteiger partial charge on any atom is 0.287 e. The zero-order valence-corrected chi connectivity index (χ0v) is 20.3. The Morgan fingerprint density at radius 2 is 1.81 bits per heavy atom. The second-order valence-electron chi connectivity index (χ2n) is 8.78. The zero-order chi connectivity index (χ0) is 25.3. The number of nitrogens with one attached hydrogen (secondary N) is 2. The molecule has 2 heterocycles. The van der Waals surface area contributed by atoms with Gasteiger partial charge in [-0.05, 0) is 54.8 Å². The first-order valence-corrected chi connectivity index (χ1v) is 12.1. The molecule has 0 unspecified atom stereocenters. The van der Waals surface area contributed by atoms with Gasteiger partial charge in [-0.1, -0.05) is 31.4 Å². The average molecular weight is 494 g/mol. The van der Waals surface area contributed by atoms with Gasteiger partial charge in [0.15, 0.2) is 5.76 Å². The largest absolute Gasteiger partial charge is 0.497 e. The van der Waals surface area contributed by atoms with Gasteiger partial charge in [0.25, 0.3) is 5.91 Å². The fourth-order valence-corrected chi connectivity index (χ4v) is 4.46. The summed E-state index contributed by atoms with van der Waals surface area (Å²) < 4.78 is 16.0. The van der Waals surface area contributed by atoms with Crippen LogP contribution in [0.3, 0.4) is 0 Å². The topological polar surface area (TPSA) is 114 Å². The van der Waals surface area contributed by atoms with Gasteiger partial charge in [0.1, 0.15) is 17.6 Å². The van der Waals surface area contributed by atoms with Gasteiger partial charge in [-0.2, -0.15) is 0 Å². The highest BCUT2D eigenvalue weighted by Gasteiger charge is 2.34. The Bertz CT molecular complexity index is 1140. The number of carbonyl (C=O) groups excluding carboxylic acids is 3. The van der Waals surface area contributed by atoms with E-state index in [-0.39, 0.29) is 30.8 Å². The number of nitrogens with zero attached hydrogens (tertiary/aromatic N) is 1. The van der Waals surface area contributed by atoms with Crippen LogP contribution in [0.4, 0.5) is 0 Å². The minimum absolute atomic E-state index is 0.0441. The van der Waals surface area contributed by atoms with E-state index in [4.69, 9.17) is 13.6 Å². The first kappa shape index (κ1) is 25.1. The van der Waals surface area contributed by atoms with E-state index in [1.54, 1.807) is 49.6 Å². The minimum atomic E-state index is -0.958. The van der Waals surface area contributed by atoms with Gasteiger partial charge in [0.05, 0.1) is 32.7 Å². The molecule has 36 heavy (non-hydrogen) atoms. The molecule has 190 valence electrons. The van der Waals surface area contributed by atoms with E-state index in [9.17, 15) is 14.4 Å². The van der Waals surface area contributed by atoms with E-state index in [0.29, 0.717) is 17.1 Å². The van der Waals surface area contributed by atoms with Crippen LogP contribution < -0.4 is 15.4 Å². The van der Waals surface area contributed by atoms with Crippen LogP contribution in [-0.4, -0.2) is 42.3 Å². The molecule has 0 aliphatic heterocycles. The number of amides is 3. The summed E-state index contributed by atoms with van der Waals surface area (Å²) in [5.74, 6) is -0.0699. The molecule has 1 aromatic carbocycles. The van der Waals surface area contributed by atoms with Gasteiger partial charge in [0.2, 0.25) is 11.8 Å². The molecule has 1 atom stereocenters. The molecule has 3 aromatic rings.